The van der Waals surface area contributed by atoms with Crippen molar-refractivity contribution in [3.63, 3.8) is 0 Å². The summed E-state index contributed by atoms with van der Waals surface area (Å²) in [5.74, 6) is -0.267. The second-order valence-corrected chi connectivity index (χ2v) is 8.88. The van der Waals surface area contributed by atoms with Gasteiger partial charge in [-0.3, -0.25) is 19.4 Å². The molecule has 9 heteroatoms. The molecule has 2 heterocycles. The fourth-order valence-electron chi connectivity index (χ4n) is 4.02. The number of hydrogen-bond donors (Lipinski definition) is 1. The second-order valence-electron chi connectivity index (χ2n) is 8.88. The highest BCUT2D eigenvalue weighted by Gasteiger charge is 2.31. The highest BCUT2D eigenvalue weighted by atomic mass is 16.5. The average Bonchev–Trinajstić information content (AvgIpc) is 2.87. The van der Waals surface area contributed by atoms with E-state index in [4.69, 9.17) is 9.47 Å². The summed E-state index contributed by atoms with van der Waals surface area (Å²) in [4.78, 5) is 46.1. The quantitative estimate of drug-likeness (QED) is 0.719. The third-order valence-corrected chi connectivity index (χ3v) is 6.20. The zero-order valence-corrected chi connectivity index (χ0v) is 21.0. The maximum absolute atomic E-state index is 13.4. The van der Waals surface area contributed by atoms with Crippen LogP contribution in [0.5, 0.6) is 5.75 Å². The largest absolute Gasteiger partial charge is 0.491 e. The van der Waals surface area contributed by atoms with Crippen LogP contribution in [0.2, 0.25) is 0 Å². The lowest BCUT2D eigenvalue weighted by Crippen LogP contribution is -2.48. The first-order valence-corrected chi connectivity index (χ1v) is 11.8. The molecule has 0 unspecified atom stereocenters. The van der Waals surface area contributed by atoms with Gasteiger partial charge in [0.05, 0.1) is 17.7 Å². The van der Waals surface area contributed by atoms with E-state index in [0.717, 1.165) is 0 Å². The maximum atomic E-state index is 13.4. The summed E-state index contributed by atoms with van der Waals surface area (Å²) in [7, 11) is 3.32. The number of anilines is 1. The van der Waals surface area contributed by atoms with E-state index >= 15 is 0 Å². The van der Waals surface area contributed by atoms with E-state index < -0.39 is 0 Å². The number of hydrogen-bond acceptors (Lipinski definition) is 6. The van der Waals surface area contributed by atoms with E-state index in [1.807, 2.05) is 13.8 Å². The highest BCUT2D eigenvalue weighted by Crippen LogP contribution is 2.27. The lowest BCUT2D eigenvalue weighted by molar-refractivity contribution is -0.115. The van der Waals surface area contributed by atoms with Crippen molar-refractivity contribution in [3.05, 3.63) is 53.9 Å². The van der Waals surface area contributed by atoms with Gasteiger partial charge in [-0.05, 0) is 31.2 Å². The summed E-state index contributed by atoms with van der Waals surface area (Å²) in [6.07, 6.45) is 1.63. The zero-order chi connectivity index (χ0) is 25.5. The predicted octanol–water partition coefficient (Wildman–Crippen LogP) is 3.08. The van der Waals surface area contributed by atoms with Crippen molar-refractivity contribution >= 4 is 23.4 Å². The number of benzene rings is 1. The molecule has 2 aromatic rings. The van der Waals surface area contributed by atoms with Crippen molar-refractivity contribution in [2.75, 3.05) is 39.2 Å². The molecule has 0 fully saturated rings. The van der Waals surface area contributed by atoms with Crippen LogP contribution < -0.4 is 10.1 Å². The van der Waals surface area contributed by atoms with Crippen molar-refractivity contribution < 1.29 is 23.9 Å². The van der Waals surface area contributed by atoms with Crippen LogP contribution in [0.1, 0.15) is 48.0 Å². The Hall–Kier alpha value is -3.46. The molecule has 3 amide bonds. The van der Waals surface area contributed by atoms with E-state index in [9.17, 15) is 14.4 Å². The van der Waals surface area contributed by atoms with E-state index in [1.165, 1.54) is 0 Å². The Morgan fingerprint density at radius 2 is 1.97 bits per heavy atom. The van der Waals surface area contributed by atoms with Gasteiger partial charge in [-0.15, -0.1) is 0 Å². The number of likely N-dealkylation sites (N-methyl/N-ethyl adjacent to an activating group) is 1. The minimum absolute atomic E-state index is 0.0594. The molecule has 1 aliphatic heterocycles. The zero-order valence-electron chi connectivity index (χ0n) is 21.0. The average molecular weight is 483 g/mol. The number of pyridine rings is 1. The first-order chi connectivity index (χ1) is 16.7. The van der Waals surface area contributed by atoms with Gasteiger partial charge in [-0.25, -0.2) is 0 Å². The first-order valence-electron chi connectivity index (χ1n) is 11.8. The Labute approximate surface area is 206 Å². The van der Waals surface area contributed by atoms with Gasteiger partial charge in [0.1, 0.15) is 18.1 Å². The van der Waals surface area contributed by atoms with Crippen molar-refractivity contribution in [2.24, 2.45) is 5.92 Å². The monoisotopic (exact) mass is 482 g/mol. The lowest BCUT2D eigenvalue weighted by atomic mass is 10.0. The van der Waals surface area contributed by atoms with Crippen LogP contribution in [-0.4, -0.2) is 78.5 Å². The molecular weight excluding hydrogens is 448 g/mol. The summed E-state index contributed by atoms with van der Waals surface area (Å²) >= 11 is 0. The molecule has 9 nitrogen and oxygen atoms in total. The molecule has 3 atom stereocenters. The number of rotatable bonds is 4. The highest BCUT2D eigenvalue weighted by molar-refractivity contribution is 5.98. The van der Waals surface area contributed by atoms with Gasteiger partial charge in [-0.1, -0.05) is 19.9 Å². The maximum Gasteiger partial charge on any atom is 0.272 e. The Kier molecular flexibility index (Phi) is 8.81. The van der Waals surface area contributed by atoms with Crippen LogP contribution in [0.4, 0.5) is 5.69 Å². The van der Waals surface area contributed by atoms with Gasteiger partial charge < -0.3 is 24.6 Å². The van der Waals surface area contributed by atoms with Crippen molar-refractivity contribution in [2.45, 2.75) is 39.3 Å². The minimum atomic E-state index is -0.321. The fourth-order valence-corrected chi connectivity index (χ4v) is 4.02. The smallest absolute Gasteiger partial charge is 0.272 e. The van der Waals surface area contributed by atoms with Crippen LogP contribution in [0.15, 0.2) is 42.6 Å². The molecule has 0 spiro atoms. The number of methoxy groups -OCH3 is 1. The number of fused-ring (bicyclic) bond motifs is 1. The molecule has 0 saturated heterocycles. The summed E-state index contributed by atoms with van der Waals surface area (Å²) in [5.41, 5.74) is 1.26. The van der Waals surface area contributed by atoms with E-state index in [1.54, 1.807) is 73.5 Å². The van der Waals surface area contributed by atoms with Gasteiger partial charge in [0.15, 0.2) is 0 Å². The van der Waals surface area contributed by atoms with Crippen LogP contribution in [-0.2, 0) is 9.53 Å². The van der Waals surface area contributed by atoms with Gasteiger partial charge in [0.25, 0.3) is 11.8 Å². The molecular formula is C26H34N4O5. The molecule has 0 radical (unpaired) electrons. The standard InChI is InChI=1S/C26H34N4O5/c1-6-24(31)28-19-10-11-20-22(13-19)35-16-18(3)30(26(33)21-9-7-8-12-27-21)14-17(2)23(34-5)15-29(4)25(20)32/h7-13,17-18,23H,6,14-16H2,1-5H3,(H,28,31)/t17-,18-,23+/m0/s1. The number of nitrogens with one attached hydrogen (secondary N) is 1. The van der Waals surface area contributed by atoms with E-state index in [-0.39, 0.29) is 42.4 Å². The van der Waals surface area contributed by atoms with Crippen molar-refractivity contribution in [1.29, 1.82) is 0 Å². The fraction of sp³-hybridized carbons (Fsp3) is 0.462. The summed E-state index contributed by atoms with van der Waals surface area (Å²) in [5, 5.41) is 2.80. The molecule has 1 aromatic carbocycles. The molecule has 1 aromatic heterocycles. The first kappa shape index (κ1) is 26.2. The molecule has 35 heavy (non-hydrogen) atoms. The van der Waals surface area contributed by atoms with Gasteiger partial charge >= 0.3 is 0 Å². The molecule has 1 N–H and O–H groups in total. The topological polar surface area (TPSA) is 101 Å². The van der Waals surface area contributed by atoms with Crippen LogP contribution in [0.3, 0.4) is 0 Å². The number of aromatic nitrogens is 1. The minimum Gasteiger partial charge on any atom is -0.491 e. The number of nitrogens with zero attached hydrogens (tertiary/aromatic N) is 3. The second kappa shape index (κ2) is 11.8. The Morgan fingerprint density at radius 3 is 2.63 bits per heavy atom. The van der Waals surface area contributed by atoms with Gasteiger partial charge in [0.2, 0.25) is 5.91 Å². The van der Waals surface area contributed by atoms with Crippen molar-refractivity contribution in [3.8, 4) is 5.75 Å². The molecule has 0 saturated carbocycles. The van der Waals surface area contributed by atoms with Crippen molar-refractivity contribution in [1.82, 2.24) is 14.8 Å². The van der Waals surface area contributed by atoms with Gasteiger partial charge in [0, 0.05) is 57.5 Å². The Bertz CT molecular complexity index is 1050. The number of carbonyl (C=O) groups is 3. The van der Waals surface area contributed by atoms with Crippen LogP contribution in [0.25, 0.3) is 0 Å². The Morgan fingerprint density at radius 1 is 1.20 bits per heavy atom. The lowest BCUT2D eigenvalue weighted by Gasteiger charge is -2.36. The molecule has 1 aliphatic rings. The summed E-state index contributed by atoms with van der Waals surface area (Å²) < 4.78 is 11.8. The molecule has 3 rings (SSSR count). The van der Waals surface area contributed by atoms with Crippen LogP contribution in [0, 0.1) is 5.92 Å². The molecule has 188 valence electrons. The number of amides is 3. The third kappa shape index (κ3) is 6.36. The summed E-state index contributed by atoms with van der Waals surface area (Å²) in [6, 6.07) is 9.90. The summed E-state index contributed by atoms with van der Waals surface area (Å²) in [6.45, 7) is 6.56. The predicted molar refractivity (Wildman–Crippen MR) is 133 cm³/mol. The van der Waals surface area contributed by atoms with E-state index in [2.05, 4.69) is 10.3 Å². The normalized spacial score (nSPS) is 21.3. The number of carbonyl (C=O) groups excluding carboxylic acids is 3. The van der Waals surface area contributed by atoms with Gasteiger partial charge in [-0.2, -0.15) is 0 Å². The number of ether oxygens (including phenoxy) is 2. The van der Waals surface area contributed by atoms with Crippen LogP contribution >= 0.6 is 0 Å². The molecule has 0 aliphatic carbocycles. The SMILES string of the molecule is CCC(=O)Nc1ccc2c(c1)OC[C@H](C)N(C(=O)c1ccccn1)C[C@H](C)[C@H](OC)CN(C)C2=O. The Balaban J connectivity index is 1.99. The molecule has 0 bridgehead atoms. The third-order valence-electron chi connectivity index (χ3n) is 6.20. The van der Waals surface area contributed by atoms with E-state index in [0.29, 0.717) is 42.2 Å².